The standard InChI is InChI=1S/C56H36N2O/c1-3-13-37(14-4-1)40-23-27-44(28-24-40)57(45-29-25-38-15-7-9-19-42(38)33-45)47-31-32-48-50(35-47)58(46-30-26-39-16-8-10-20-43(39)34-46)51-36-53-56(49-21-11-12-22-52(49)59-53)54(55(48)51)41-17-5-2-6-18-41/h1-36H. The molecule has 2 heterocycles. The second-order valence-corrected chi connectivity index (χ2v) is 15.3. The van der Waals surface area contributed by atoms with Crippen LogP contribution in [0, 0.1) is 0 Å². The fraction of sp³-hybridized carbons (Fsp3) is 0. The lowest BCUT2D eigenvalue weighted by Crippen LogP contribution is -2.10. The molecule has 0 N–H and O–H groups in total. The number of hydrogen-bond acceptors (Lipinski definition) is 2. The molecule has 0 aliphatic rings. The molecule has 0 aliphatic carbocycles. The van der Waals surface area contributed by atoms with Crippen LogP contribution in [0.2, 0.25) is 0 Å². The zero-order valence-electron chi connectivity index (χ0n) is 32.1. The van der Waals surface area contributed by atoms with Crippen molar-refractivity contribution in [3.63, 3.8) is 0 Å². The third kappa shape index (κ3) is 5.44. The zero-order chi connectivity index (χ0) is 38.9. The lowest BCUT2D eigenvalue weighted by Gasteiger charge is -2.26. The molecule has 0 aliphatic heterocycles. The first-order chi connectivity index (χ1) is 29.2. The number of para-hydroxylation sites is 1. The molecule has 3 heteroatoms. The van der Waals surface area contributed by atoms with Crippen LogP contribution in [0.5, 0.6) is 0 Å². The Morgan fingerprint density at radius 1 is 0.339 bits per heavy atom. The number of fused-ring (bicyclic) bond motifs is 8. The smallest absolute Gasteiger partial charge is 0.138 e. The Labute approximate surface area is 341 Å². The lowest BCUT2D eigenvalue weighted by molar-refractivity contribution is 0.669. The van der Waals surface area contributed by atoms with E-state index < -0.39 is 0 Å². The Morgan fingerprint density at radius 2 is 0.915 bits per heavy atom. The maximum Gasteiger partial charge on any atom is 0.138 e. The van der Waals surface area contributed by atoms with Crippen molar-refractivity contribution in [2.24, 2.45) is 0 Å². The fourth-order valence-corrected chi connectivity index (χ4v) is 9.19. The molecule has 10 aromatic carbocycles. The summed E-state index contributed by atoms with van der Waals surface area (Å²) in [6.07, 6.45) is 0. The predicted molar refractivity (Wildman–Crippen MR) is 249 cm³/mol. The van der Waals surface area contributed by atoms with E-state index in [0.717, 1.165) is 61.3 Å². The van der Waals surface area contributed by atoms with E-state index in [1.807, 2.05) is 0 Å². The first-order valence-electron chi connectivity index (χ1n) is 20.2. The van der Waals surface area contributed by atoms with Crippen LogP contribution in [0.1, 0.15) is 0 Å². The molecule has 12 rings (SSSR count). The summed E-state index contributed by atoms with van der Waals surface area (Å²) in [6.45, 7) is 0. The van der Waals surface area contributed by atoms with Gasteiger partial charge in [-0.2, -0.15) is 0 Å². The third-order valence-corrected chi connectivity index (χ3v) is 11.9. The predicted octanol–water partition coefficient (Wildman–Crippen LogP) is 15.8. The lowest BCUT2D eigenvalue weighted by atomic mass is 9.94. The number of nitrogens with zero attached hydrogens (tertiary/aromatic N) is 2. The molecule has 0 radical (unpaired) electrons. The molecule has 3 nitrogen and oxygen atoms in total. The molecule has 0 unspecified atom stereocenters. The Balaban J connectivity index is 1.17. The Hall–Kier alpha value is -7.88. The molecule has 0 atom stereocenters. The molecular weight excluding hydrogens is 717 g/mol. The van der Waals surface area contributed by atoms with Gasteiger partial charge in [-0.15, -0.1) is 0 Å². The van der Waals surface area contributed by atoms with Crippen molar-refractivity contribution in [1.82, 2.24) is 4.57 Å². The van der Waals surface area contributed by atoms with Gasteiger partial charge in [0.1, 0.15) is 11.2 Å². The molecule has 59 heavy (non-hydrogen) atoms. The molecule has 2 aromatic heterocycles. The summed E-state index contributed by atoms with van der Waals surface area (Å²) < 4.78 is 9.15. The van der Waals surface area contributed by atoms with E-state index in [0.29, 0.717) is 0 Å². The van der Waals surface area contributed by atoms with Crippen LogP contribution in [0.4, 0.5) is 17.1 Å². The number of hydrogen-bond donors (Lipinski definition) is 0. The summed E-state index contributed by atoms with van der Waals surface area (Å²) in [5, 5.41) is 9.46. The Morgan fingerprint density at radius 3 is 1.68 bits per heavy atom. The van der Waals surface area contributed by atoms with E-state index >= 15 is 0 Å². The summed E-state index contributed by atoms with van der Waals surface area (Å²) in [4.78, 5) is 2.39. The third-order valence-electron chi connectivity index (χ3n) is 11.9. The maximum atomic E-state index is 6.71. The summed E-state index contributed by atoms with van der Waals surface area (Å²) in [5.74, 6) is 0. The van der Waals surface area contributed by atoms with Gasteiger partial charge >= 0.3 is 0 Å². The van der Waals surface area contributed by atoms with E-state index in [2.05, 4.69) is 228 Å². The minimum atomic E-state index is 0.874. The Kier molecular flexibility index (Phi) is 7.54. The average Bonchev–Trinajstić information content (AvgIpc) is 3.84. The maximum absolute atomic E-state index is 6.71. The van der Waals surface area contributed by atoms with E-state index in [1.165, 1.54) is 49.0 Å². The van der Waals surface area contributed by atoms with Crippen LogP contribution in [-0.4, -0.2) is 4.57 Å². The topological polar surface area (TPSA) is 21.3 Å². The summed E-state index contributed by atoms with van der Waals surface area (Å²) in [5.41, 5.74) is 13.1. The summed E-state index contributed by atoms with van der Waals surface area (Å²) >= 11 is 0. The van der Waals surface area contributed by atoms with Crippen molar-refractivity contribution in [3.8, 4) is 27.9 Å². The molecule has 0 spiro atoms. The first kappa shape index (κ1) is 33.3. The van der Waals surface area contributed by atoms with Crippen molar-refractivity contribution < 1.29 is 4.42 Å². The van der Waals surface area contributed by atoms with Crippen LogP contribution in [0.3, 0.4) is 0 Å². The monoisotopic (exact) mass is 752 g/mol. The van der Waals surface area contributed by atoms with Gasteiger partial charge in [0.15, 0.2) is 0 Å². The van der Waals surface area contributed by atoms with Crippen molar-refractivity contribution in [3.05, 3.63) is 218 Å². The van der Waals surface area contributed by atoms with E-state index in [9.17, 15) is 0 Å². The highest BCUT2D eigenvalue weighted by Crippen LogP contribution is 2.48. The molecule has 12 aromatic rings. The SMILES string of the molecule is c1ccc(-c2ccc(N(c3ccc4ccccc4c3)c3ccc4c5c(-c6ccccc6)c6c(cc5n(-c5ccc7ccccc7c5)c4c3)oc3ccccc36)cc2)cc1. The quantitative estimate of drug-likeness (QED) is 0.169. The van der Waals surface area contributed by atoms with Gasteiger partial charge in [0.25, 0.3) is 0 Å². The zero-order valence-corrected chi connectivity index (χ0v) is 32.1. The highest BCUT2D eigenvalue weighted by atomic mass is 16.3. The van der Waals surface area contributed by atoms with Crippen LogP contribution < -0.4 is 4.90 Å². The van der Waals surface area contributed by atoms with Gasteiger partial charge in [-0.3, -0.25) is 0 Å². The minimum Gasteiger partial charge on any atom is -0.456 e. The second kappa shape index (κ2) is 13.4. The summed E-state index contributed by atoms with van der Waals surface area (Å²) in [6, 6.07) is 78.8. The first-order valence-corrected chi connectivity index (χ1v) is 20.2. The van der Waals surface area contributed by atoms with Crippen molar-refractivity contribution in [2.75, 3.05) is 4.90 Å². The highest BCUT2D eigenvalue weighted by Gasteiger charge is 2.24. The van der Waals surface area contributed by atoms with Gasteiger partial charge in [-0.1, -0.05) is 158 Å². The van der Waals surface area contributed by atoms with Gasteiger partial charge in [0.2, 0.25) is 0 Å². The van der Waals surface area contributed by atoms with Crippen LogP contribution >= 0.6 is 0 Å². The number of furan rings is 1. The highest BCUT2D eigenvalue weighted by molar-refractivity contribution is 6.27. The van der Waals surface area contributed by atoms with Gasteiger partial charge < -0.3 is 13.9 Å². The number of rotatable bonds is 6. The van der Waals surface area contributed by atoms with Crippen LogP contribution in [0.15, 0.2) is 223 Å². The molecule has 0 amide bonds. The molecule has 0 bridgehead atoms. The van der Waals surface area contributed by atoms with Gasteiger partial charge in [0, 0.05) is 55.9 Å². The van der Waals surface area contributed by atoms with Crippen molar-refractivity contribution in [2.45, 2.75) is 0 Å². The largest absolute Gasteiger partial charge is 0.456 e. The van der Waals surface area contributed by atoms with Crippen molar-refractivity contribution >= 4 is 82.4 Å². The fourth-order valence-electron chi connectivity index (χ4n) is 9.19. The minimum absolute atomic E-state index is 0.874. The van der Waals surface area contributed by atoms with E-state index in [-0.39, 0.29) is 0 Å². The molecule has 0 fully saturated rings. The molecular formula is C56H36N2O. The second-order valence-electron chi connectivity index (χ2n) is 15.3. The summed E-state index contributed by atoms with van der Waals surface area (Å²) in [7, 11) is 0. The van der Waals surface area contributed by atoms with E-state index in [4.69, 9.17) is 4.42 Å². The number of benzene rings is 10. The average molecular weight is 753 g/mol. The van der Waals surface area contributed by atoms with Crippen LogP contribution in [0.25, 0.3) is 93.2 Å². The van der Waals surface area contributed by atoms with Gasteiger partial charge in [-0.05, 0) is 92.8 Å². The normalized spacial score (nSPS) is 11.7. The number of anilines is 3. The molecule has 0 saturated carbocycles. The van der Waals surface area contributed by atoms with E-state index in [1.54, 1.807) is 0 Å². The Bertz CT molecular complexity index is 3540. The van der Waals surface area contributed by atoms with Crippen LogP contribution in [-0.2, 0) is 0 Å². The van der Waals surface area contributed by atoms with Gasteiger partial charge in [-0.25, -0.2) is 0 Å². The molecule has 276 valence electrons. The molecule has 0 saturated heterocycles. The van der Waals surface area contributed by atoms with Crippen molar-refractivity contribution in [1.29, 1.82) is 0 Å². The number of aromatic nitrogens is 1. The van der Waals surface area contributed by atoms with Gasteiger partial charge in [0.05, 0.1) is 11.0 Å².